The van der Waals surface area contributed by atoms with Crippen molar-refractivity contribution in [1.82, 2.24) is 14.9 Å². The summed E-state index contributed by atoms with van der Waals surface area (Å²) >= 11 is 0. The van der Waals surface area contributed by atoms with Gasteiger partial charge < -0.3 is 10.6 Å². The lowest BCUT2D eigenvalue weighted by Crippen LogP contribution is -2.45. The van der Waals surface area contributed by atoms with Gasteiger partial charge in [-0.1, -0.05) is 12.1 Å². The zero-order chi connectivity index (χ0) is 18.1. The van der Waals surface area contributed by atoms with Crippen molar-refractivity contribution in [2.24, 2.45) is 15.9 Å². The van der Waals surface area contributed by atoms with Gasteiger partial charge in [-0.05, 0) is 62.7 Å². The maximum absolute atomic E-state index is 13.6. The van der Waals surface area contributed by atoms with E-state index in [2.05, 4.69) is 26.9 Å². The summed E-state index contributed by atoms with van der Waals surface area (Å²) in [6, 6.07) is 8.36. The molecule has 1 fully saturated rings. The van der Waals surface area contributed by atoms with E-state index in [1.54, 1.807) is 30.7 Å². The number of aliphatic imine (C=N–C) groups is 2. The number of aromatic nitrogens is 2. The number of hydrogen-bond donors (Lipinski definition) is 1. The Morgan fingerprint density at radius 3 is 2.58 bits per heavy atom. The normalized spacial score (nSPS) is 24.0. The average Bonchev–Trinajstić information content (AvgIpc) is 3.09. The number of hydrogen-bond acceptors (Lipinski definition) is 6. The second-order valence-corrected chi connectivity index (χ2v) is 6.87. The van der Waals surface area contributed by atoms with E-state index in [1.165, 1.54) is 12.1 Å². The molecule has 0 bridgehead atoms. The van der Waals surface area contributed by atoms with Gasteiger partial charge in [0.05, 0.1) is 5.69 Å². The van der Waals surface area contributed by atoms with Crippen molar-refractivity contribution in [1.29, 1.82) is 0 Å². The Morgan fingerprint density at radius 1 is 1.15 bits per heavy atom. The topological polar surface area (TPSA) is 79.8 Å². The third-order valence-corrected chi connectivity index (χ3v) is 5.32. The van der Waals surface area contributed by atoms with Crippen molar-refractivity contribution in [2.75, 3.05) is 25.9 Å². The fraction of sp³-hybridized carbons (Fsp3) is 0.368. The van der Waals surface area contributed by atoms with Crippen LogP contribution in [-0.4, -0.2) is 47.1 Å². The molecule has 2 N–H and O–H groups in total. The molecule has 0 saturated carbocycles. The molecule has 2 aromatic rings. The van der Waals surface area contributed by atoms with Crippen LogP contribution in [0.3, 0.4) is 0 Å². The van der Waals surface area contributed by atoms with Crippen LogP contribution < -0.4 is 5.73 Å². The van der Waals surface area contributed by atoms with Crippen molar-refractivity contribution < 1.29 is 4.39 Å². The lowest BCUT2D eigenvalue weighted by Gasteiger charge is -2.40. The largest absolute Gasteiger partial charge is 0.368 e. The zero-order valence-electron chi connectivity index (χ0n) is 14.6. The standard InChI is InChI=1S/C19H21FN6/c1-26-10-7-14(8-11-26)19(13-2-4-15(20)5-3-13)17(23-12-24-19)16-6-9-22-18(21)25-16/h2-6,9,12,14H,7-8,10-11H2,1H3,(H2,21,22,25). The fourth-order valence-corrected chi connectivity index (χ4v) is 3.98. The number of nitrogens with zero attached hydrogens (tertiary/aromatic N) is 5. The minimum Gasteiger partial charge on any atom is -0.368 e. The molecule has 0 aliphatic carbocycles. The first-order valence-electron chi connectivity index (χ1n) is 8.75. The van der Waals surface area contributed by atoms with E-state index in [9.17, 15) is 4.39 Å². The molecule has 0 radical (unpaired) electrons. The van der Waals surface area contributed by atoms with E-state index in [4.69, 9.17) is 10.7 Å². The van der Waals surface area contributed by atoms with E-state index in [1.807, 2.05) is 0 Å². The van der Waals surface area contributed by atoms with Gasteiger partial charge in [0.1, 0.15) is 23.4 Å². The summed E-state index contributed by atoms with van der Waals surface area (Å²) in [7, 11) is 2.12. The van der Waals surface area contributed by atoms with Crippen LogP contribution in [0.15, 0.2) is 46.5 Å². The smallest absolute Gasteiger partial charge is 0.220 e. The molecule has 3 heterocycles. The van der Waals surface area contributed by atoms with E-state index in [-0.39, 0.29) is 17.7 Å². The number of nitrogens with two attached hydrogens (primary N) is 1. The zero-order valence-corrected chi connectivity index (χ0v) is 14.6. The average molecular weight is 352 g/mol. The number of anilines is 1. The highest BCUT2D eigenvalue weighted by Crippen LogP contribution is 2.44. The lowest BCUT2D eigenvalue weighted by atomic mass is 9.70. The summed E-state index contributed by atoms with van der Waals surface area (Å²) in [5.41, 5.74) is 7.48. The van der Waals surface area contributed by atoms with Gasteiger partial charge in [0.25, 0.3) is 0 Å². The number of piperidine rings is 1. The molecule has 26 heavy (non-hydrogen) atoms. The highest BCUT2D eigenvalue weighted by atomic mass is 19.1. The molecule has 134 valence electrons. The number of halogens is 1. The Kier molecular flexibility index (Phi) is 4.24. The molecule has 6 nitrogen and oxygen atoms in total. The van der Waals surface area contributed by atoms with Gasteiger partial charge in [0.2, 0.25) is 5.95 Å². The Bertz CT molecular complexity index is 855. The second kappa shape index (κ2) is 6.57. The van der Waals surface area contributed by atoms with Gasteiger partial charge in [-0.15, -0.1) is 0 Å². The van der Waals surface area contributed by atoms with Crippen LogP contribution in [0.1, 0.15) is 24.1 Å². The first-order chi connectivity index (χ1) is 12.6. The maximum Gasteiger partial charge on any atom is 0.220 e. The van der Waals surface area contributed by atoms with Gasteiger partial charge in [0, 0.05) is 6.20 Å². The van der Waals surface area contributed by atoms with Gasteiger partial charge in [0.15, 0.2) is 0 Å². The molecule has 0 amide bonds. The van der Waals surface area contributed by atoms with E-state index < -0.39 is 5.54 Å². The Labute approximate surface area is 151 Å². The van der Waals surface area contributed by atoms with Crippen LogP contribution in [0, 0.1) is 11.7 Å². The van der Waals surface area contributed by atoms with E-state index >= 15 is 0 Å². The van der Waals surface area contributed by atoms with Crippen LogP contribution in [0.2, 0.25) is 0 Å². The molecule has 1 atom stereocenters. The Hall–Kier alpha value is -2.67. The molecule has 1 unspecified atom stereocenters. The summed E-state index contributed by atoms with van der Waals surface area (Å²) in [5, 5.41) is 0. The van der Waals surface area contributed by atoms with Crippen LogP contribution in [0.25, 0.3) is 0 Å². The fourth-order valence-electron chi connectivity index (χ4n) is 3.98. The summed E-state index contributed by atoms with van der Waals surface area (Å²) in [5.74, 6) is 0.186. The highest BCUT2D eigenvalue weighted by molar-refractivity contribution is 6.12. The Balaban J connectivity index is 1.84. The third-order valence-electron chi connectivity index (χ3n) is 5.32. The minimum absolute atomic E-state index is 0.202. The van der Waals surface area contributed by atoms with Crippen LogP contribution in [0.4, 0.5) is 10.3 Å². The molecule has 2 aliphatic heterocycles. The highest BCUT2D eigenvalue weighted by Gasteiger charge is 2.48. The first-order valence-corrected chi connectivity index (χ1v) is 8.75. The number of likely N-dealkylation sites (tertiary alicyclic amines) is 1. The van der Waals surface area contributed by atoms with Gasteiger partial charge in [-0.3, -0.25) is 4.99 Å². The van der Waals surface area contributed by atoms with Gasteiger partial charge >= 0.3 is 0 Å². The van der Waals surface area contributed by atoms with Gasteiger partial charge in [-0.25, -0.2) is 19.4 Å². The SMILES string of the molecule is CN1CCC(C2(c3ccc(F)cc3)N=CN=C2c2ccnc(N)n2)CC1. The quantitative estimate of drug-likeness (QED) is 0.919. The minimum atomic E-state index is -0.671. The summed E-state index contributed by atoms with van der Waals surface area (Å²) in [6.07, 6.45) is 5.17. The van der Waals surface area contributed by atoms with E-state index in [0.717, 1.165) is 37.2 Å². The molecular formula is C19H21FN6. The monoisotopic (exact) mass is 352 g/mol. The molecular weight excluding hydrogens is 331 g/mol. The molecule has 1 aromatic carbocycles. The number of nitrogen functional groups attached to an aromatic ring is 1. The Morgan fingerprint density at radius 2 is 1.88 bits per heavy atom. The molecule has 1 saturated heterocycles. The molecule has 2 aliphatic rings. The lowest BCUT2D eigenvalue weighted by molar-refractivity contribution is 0.181. The van der Waals surface area contributed by atoms with Gasteiger partial charge in [-0.2, -0.15) is 0 Å². The van der Waals surface area contributed by atoms with Crippen molar-refractivity contribution in [2.45, 2.75) is 18.4 Å². The van der Waals surface area contributed by atoms with Crippen LogP contribution in [-0.2, 0) is 5.54 Å². The predicted octanol–water partition coefficient (Wildman–Crippen LogP) is 2.27. The van der Waals surface area contributed by atoms with Crippen molar-refractivity contribution >= 4 is 18.0 Å². The van der Waals surface area contributed by atoms with Crippen molar-refractivity contribution in [3.63, 3.8) is 0 Å². The number of benzene rings is 1. The first kappa shape index (κ1) is 16.8. The molecule has 0 spiro atoms. The summed E-state index contributed by atoms with van der Waals surface area (Å²) in [4.78, 5) is 20.1. The molecule has 1 aromatic heterocycles. The van der Waals surface area contributed by atoms with Crippen LogP contribution >= 0.6 is 0 Å². The third kappa shape index (κ3) is 2.78. The number of rotatable bonds is 3. The van der Waals surface area contributed by atoms with Crippen LogP contribution in [0.5, 0.6) is 0 Å². The molecule has 7 heteroatoms. The molecule has 4 rings (SSSR count). The predicted molar refractivity (Wildman–Crippen MR) is 99.8 cm³/mol. The summed E-state index contributed by atoms with van der Waals surface area (Å²) in [6.45, 7) is 1.98. The van der Waals surface area contributed by atoms with E-state index in [0.29, 0.717) is 5.69 Å². The van der Waals surface area contributed by atoms with Crippen molar-refractivity contribution in [3.8, 4) is 0 Å². The maximum atomic E-state index is 13.6. The summed E-state index contributed by atoms with van der Waals surface area (Å²) < 4.78 is 13.6. The second-order valence-electron chi connectivity index (χ2n) is 6.87. The van der Waals surface area contributed by atoms with Crippen molar-refractivity contribution in [3.05, 3.63) is 53.6 Å².